The molecular formula is C20H20N2O4. The Kier molecular flexibility index (Phi) is 5.11. The Morgan fingerprint density at radius 3 is 2.65 bits per heavy atom. The van der Waals surface area contributed by atoms with Crippen molar-refractivity contribution in [1.82, 2.24) is 0 Å². The molecule has 2 aromatic carbocycles. The molecule has 0 aromatic heterocycles. The van der Waals surface area contributed by atoms with E-state index in [1.807, 2.05) is 25.1 Å². The Morgan fingerprint density at radius 2 is 1.92 bits per heavy atom. The van der Waals surface area contributed by atoms with Crippen LogP contribution in [0.4, 0.5) is 11.4 Å². The summed E-state index contributed by atoms with van der Waals surface area (Å²) in [6.07, 6.45) is 1.82. The zero-order valence-corrected chi connectivity index (χ0v) is 14.6. The molecule has 1 amide bonds. The second kappa shape index (κ2) is 7.47. The third-order valence-electron chi connectivity index (χ3n) is 4.71. The van der Waals surface area contributed by atoms with Crippen LogP contribution < -0.4 is 4.90 Å². The van der Waals surface area contributed by atoms with Crippen molar-refractivity contribution in [3.63, 3.8) is 0 Å². The van der Waals surface area contributed by atoms with Gasteiger partial charge in [0.1, 0.15) is 0 Å². The highest BCUT2D eigenvalue weighted by Gasteiger charge is 2.25. The molecule has 0 saturated heterocycles. The number of anilines is 1. The van der Waals surface area contributed by atoms with Gasteiger partial charge in [0.15, 0.2) is 5.78 Å². The van der Waals surface area contributed by atoms with E-state index in [1.54, 1.807) is 17.0 Å². The van der Waals surface area contributed by atoms with Gasteiger partial charge in [-0.1, -0.05) is 30.3 Å². The van der Waals surface area contributed by atoms with Crippen LogP contribution in [0.1, 0.15) is 40.7 Å². The molecule has 1 aliphatic heterocycles. The van der Waals surface area contributed by atoms with Gasteiger partial charge in [0, 0.05) is 37.1 Å². The maximum atomic E-state index is 12.7. The molecule has 1 heterocycles. The van der Waals surface area contributed by atoms with Crippen LogP contribution in [0.5, 0.6) is 0 Å². The third kappa shape index (κ3) is 3.64. The first kappa shape index (κ1) is 17.8. The standard InChI is InChI=1S/C20H20N2O4/c1-14-5-2-3-7-17(14)19(23)10-11-20(24)21-12-4-6-15-8-9-16(22(25)26)13-18(15)21/h2-3,5,7-9,13H,4,6,10-12H2,1H3. The van der Waals surface area contributed by atoms with E-state index in [0.29, 0.717) is 17.8 Å². The Labute approximate surface area is 151 Å². The number of Topliss-reactive ketones (excluding diaryl/α,β-unsaturated/α-hetero) is 1. The first-order valence-electron chi connectivity index (χ1n) is 8.64. The van der Waals surface area contributed by atoms with Gasteiger partial charge >= 0.3 is 0 Å². The van der Waals surface area contributed by atoms with Crippen LogP contribution in [0, 0.1) is 17.0 Å². The number of rotatable bonds is 5. The topological polar surface area (TPSA) is 80.5 Å². The van der Waals surface area contributed by atoms with Crippen LogP contribution in [0.3, 0.4) is 0 Å². The molecular weight excluding hydrogens is 332 g/mol. The van der Waals surface area contributed by atoms with E-state index < -0.39 is 4.92 Å². The maximum absolute atomic E-state index is 12.7. The monoisotopic (exact) mass is 352 g/mol. The molecule has 6 heteroatoms. The number of carbonyl (C=O) groups excluding carboxylic acids is 2. The zero-order chi connectivity index (χ0) is 18.7. The van der Waals surface area contributed by atoms with Crippen LogP contribution in [0.25, 0.3) is 0 Å². The van der Waals surface area contributed by atoms with Gasteiger partial charge in [0.2, 0.25) is 5.91 Å². The van der Waals surface area contributed by atoms with Crippen molar-refractivity contribution < 1.29 is 14.5 Å². The van der Waals surface area contributed by atoms with Gasteiger partial charge in [-0.2, -0.15) is 0 Å². The number of amides is 1. The first-order chi connectivity index (χ1) is 12.5. The molecule has 0 atom stereocenters. The number of nitro groups is 1. The smallest absolute Gasteiger partial charge is 0.271 e. The average molecular weight is 352 g/mol. The van der Waals surface area contributed by atoms with Gasteiger partial charge in [-0.05, 0) is 30.9 Å². The molecule has 2 aromatic rings. The molecule has 134 valence electrons. The van der Waals surface area contributed by atoms with E-state index in [9.17, 15) is 19.7 Å². The highest BCUT2D eigenvalue weighted by molar-refractivity contribution is 6.02. The van der Waals surface area contributed by atoms with Crippen molar-refractivity contribution in [1.29, 1.82) is 0 Å². The molecule has 0 radical (unpaired) electrons. The first-order valence-corrected chi connectivity index (χ1v) is 8.64. The lowest BCUT2D eigenvalue weighted by Gasteiger charge is -2.29. The molecule has 0 bridgehead atoms. The number of carbonyl (C=O) groups is 2. The number of hydrogen-bond acceptors (Lipinski definition) is 4. The molecule has 0 unspecified atom stereocenters. The Balaban J connectivity index is 1.73. The van der Waals surface area contributed by atoms with Gasteiger partial charge < -0.3 is 4.90 Å². The molecule has 3 rings (SSSR count). The molecule has 0 N–H and O–H groups in total. The van der Waals surface area contributed by atoms with Gasteiger partial charge in [0.05, 0.1) is 10.6 Å². The van der Waals surface area contributed by atoms with Crippen LogP contribution in [0.15, 0.2) is 42.5 Å². The number of ketones is 1. The van der Waals surface area contributed by atoms with Crippen molar-refractivity contribution in [3.8, 4) is 0 Å². The molecule has 0 fully saturated rings. The SMILES string of the molecule is Cc1ccccc1C(=O)CCC(=O)N1CCCc2ccc([N+](=O)[O-])cc21. The molecule has 26 heavy (non-hydrogen) atoms. The Morgan fingerprint density at radius 1 is 1.15 bits per heavy atom. The third-order valence-corrected chi connectivity index (χ3v) is 4.71. The lowest BCUT2D eigenvalue weighted by Crippen LogP contribution is -2.35. The normalized spacial score (nSPS) is 13.2. The van der Waals surface area contributed by atoms with E-state index in [1.165, 1.54) is 12.1 Å². The Bertz CT molecular complexity index is 876. The van der Waals surface area contributed by atoms with Crippen molar-refractivity contribution >= 4 is 23.1 Å². The summed E-state index contributed by atoms with van der Waals surface area (Å²) < 4.78 is 0. The number of non-ortho nitro benzene ring substituents is 1. The Hall–Kier alpha value is -3.02. The predicted molar refractivity (Wildman–Crippen MR) is 98.5 cm³/mol. The summed E-state index contributed by atoms with van der Waals surface area (Å²) in [6.45, 7) is 2.39. The summed E-state index contributed by atoms with van der Waals surface area (Å²) in [7, 11) is 0. The number of nitrogens with zero attached hydrogens (tertiary/aromatic N) is 2. The minimum atomic E-state index is -0.459. The van der Waals surface area contributed by atoms with Crippen molar-refractivity contribution in [2.45, 2.75) is 32.6 Å². The van der Waals surface area contributed by atoms with Crippen LogP contribution in [-0.4, -0.2) is 23.2 Å². The largest absolute Gasteiger partial charge is 0.312 e. The van der Waals surface area contributed by atoms with Crippen molar-refractivity contribution in [2.24, 2.45) is 0 Å². The molecule has 0 spiro atoms. The number of fused-ring (bicyclic) bond motifs is 1. The van der Waals surface area contributed by atoms with Gasteiger partial charge in [-0.25, -0.2) is 0 Å². The number of aryl methyl sites for hydroxylation is 2. The minimum Gasteiger partial charge on any atom is -0.312 e. The number of nitro benzene ring substituents is 1. The molecule has 0 aliphatic carbocycles. The van der Waals surface area contributed by atoms with E-state index >= 15 is 0 Å². The van der Waals surface area contributed by atoms with E-state index in [2.05, 4.69) is 0 Å². The summed E-state index contributed by atoms with van der Waals surface area (Å²) in [5.41, 5.74) is 3.03. The lowest BCUT2D eigenvalue weighted by atomic mass is 9.99. The van der Waals surface area contributed by atoms with E-state index in [0.717, 1.165) is 24.0 Å². The zero-order valence-electron chi connectivity index (χ0n) is 14.6. The quantitative estimate of drug-likeness (QED) is 0.465. The second-order valence-electron chi connectivity index (χ2n) is 6.46. The highest BCUT2D eigenvalue weighted by atomic mass is 16.6. The summed E-state index contributed by atoms with van der Waals surface area (Å²) in [5.74, 6) is -0.235. The van der Waals surface area contributed by atoms with Gasteiger partial charge in [-0.3, -0.25) is 19.7 Å². The highest BCUT2D eigenvalue weighted by Crippen LogP contribution is 2.31. The van der Waals surface area contributed by atoms with E-state index in [-0.39, 0.29) is 30.2 Å². The maximum Gasteiger partial charge on any atom is 0.271 e. The van der Waals surface area contributed by atoms with Crippen LogP contribution in [0.2, 0.25) is 0 Å². The summed E-state index contributed by atoms with van der Waals surface area (Å²) in [4.78, 5) is 37.2. The predicted octanol–water partition coefficient (Wildman–Crippen LogP) is 3.85. The van der Waals surface area contributed by atoms with Gasteiger partial charge in [-0.15, -0.1) is 0 Å². The lowest BCUT2D eigenvalue weighted by molar-refractivity contribution is -0.384. The number of hydrogen-bond donors (Lipinski definition) is 0. The number of benzene rings is 2. The molecule has 6 nitrogen and oxygen atoms in total. The second-order valence-corrected chi connectivity index (χ2v) is 6.46. The fourth-order valence-electron chi connectivity index (χ4n) is 3.31. The van der Waals surface area contributed by atoms with Crippen molar-refractivity contribution in [3.05, 3.63) is 69.3 Å². The molecule has 1 aliphatic rings. The van der Waals surface area contributed by atoms with Crippen LogP contribution in [-0.2, 0) is 11.2 Å². The van der Waals surface area contributed by atoms with Crippen LogP contribution >= 0.6 is 0 Å². The summed E-state index contributed by atoms with van der Waals surface area (Å²) in [5, 5.41) is 11.0. The average Bonchev–Trinajstić information content (AvgIpc) is 2.65. The molecule has 0 saturated carbocycles. The van der Waals surface area contributed by atoms with E-state index in [4.69, 9.17) is 0 Å². The van der Waals surface area contributed by atoms with Crippen molar-refractivity contribution in [2.75, 3.05) is 11.4 Å². The minimum absolute atomic E-state index is 0.0283. The summed E-state index contributed by atoms with van der Waals surface area (Å²) in [6, 6.07) is 11.9. The fourth-order valence-corrected chi connectivity index (χ4v) is 3.31. The summed E-state index contributed by atoms with van der Waals surface area (Å²) >= 11 is 0. The fraction of sp³-hybridized carbons (Fsp3) is 0.300. The van der Waals surface area contributed by atoms with Gasteiger partial charge in [0.25, 0.3) is 5.69 Å².